The summed E-state index contributed by atoms with van der Waals surface area (Å²) in [5.74, 6) is -0.239. The van der Waals surface area contributed by atoms with Gasteiger partial charge in [0.15, 0.2) is 0 Å². The van der Waals surface area contributed by atoms with Crippen LogP contribution < -0.4 is 0 Å². The Morgan fingerprint density at radius 1 is 1.29 bits per heavy atom. The van der Waals surface area contributed by atoms with Crippen molar-refractivity contribution in [3.63, 3.8) is 0 Å². The van der Waals surface area contributed by atoms with Gasteiger partial charge in [-0.2, -0.15) is 0 Å². The Hall–Kier alpha value is -1.31. The Morgan fingerprint density at radius 3 is 2.47 bits per heavy atom. The molecule has 94 valence electrons. The molecule has 1 unspecified atom stereocenters. The average molecular weight is 234 g/mol. The maximum atomic E-state index is 11.8. The summed E-state index contributed by atoms with van der Waals surface area (Å²) in [4.78, 5) is 11.8. The standard InChI is InChI=1S/C15H22O2/c1-5-11-15(3,6-2)13-10-8-7-9-12(13)14(16)17-4/h7-10H,5-6,11H2,1-4H3. The summed E-state index contributed by atoms with van der Waals surface area (Å²) < 4.78 is 4.86. The van der Waals surface area contributed by atoms with Crippen molar-refractivity contribution in [2.75, 3.05) is 7.11 Å². The molecule has 0 saturated heterocycles. The van der Waals surface area contributed by atoms with Crippen LogP contribution in [0.5, 0.6) is 0 Å². The van der Waals surface area contributed by atoms with Crippen molar-refractivity contribution < 1.29 is 9.53 Å². The van der Waals surface area contributed by atoms with E-state index in [0.717, 1.165) is 24.8 Å². The molecule has 2 nitrogen and oxygen atoms in total. The normalized spacial score (nSPS) is 14.1. The summed E-state index contributed by atoms with van der Waals surface area (Å²) in [6.45, 7) is 6.57. The molecule has 0 bridgehead atoms. The van der Waals surface area contributed by atoms with Crippen LogP contribution in [0.15, 0.2) is 24.3 Å². The van der Waals surface area contributed by atoms with Gasteiger partial charge in [0.25, 0.3) is 0 Å². The average Bonchev–Trinajstić information content (AvgIpc) is 2.38. The molecule has 0 amide bonds. The second kappa shape index (κ2) is 5.85. The molecule has 0 aliphatic carbocycles. The van der Waals surface area contributed by atoms with Gasteiger partial charge in [-0.15, -0.1) is 0 Å². The highest BCUT2D eigenvalue weighted by molar-refractivity contribution is 5.91. The Bertz CT molecular complexity index is 384. The SMILES string of the molecule is CCCC(C)(CC)c1ccccc1C(=O)OC. The van der Waals surface area contributed by atoms with Gasteiger partial charge in [-0.05, 0) is 29.9 Å². The van der Waals surface area contributed by atoms with Crippen molar-refractivity contribution in [2.45, 2.75) is 45.4 Å². The lowest BCUT2D eigenvalue weighted by Crippen LogP contribution is -2.24. The van der Waals surface area contributed by atoms with E-state index >= 15 is 0 Å². The minimum Gasteiger partial charge on any atom is -0.465 e. The fraction of sp³-hybridized carbons (Fsp3) is 0.533. The van der Waals surface area contributed by atoms with Crippen molar-refractivity contribution in [2.24, 2.45) is 0 Å². The summed E-state index contributed by atoms with van der Waals surface area (Å²) in [5, 5.41) is 0. The van der Waals surface area contributed by atoms with Gasteiger partial charge in [0.2, 0.25) is 0 Å². The first-order valence-electron chi connectivity index (χ1n) is 6.27. The molecule has 0 radical (unpaired) electrons. The Labute approximate surface area is 104 Å². The number of esters is 1. The summed E-state index contributed by atoms with van der Waals surface area (Å²) >= 11 is 0. The first-order valence-corrected chi connectivity index (χ1v) is 6.27. The van der Waals surface area contributed by atoms with E-state index in [1.807, 2.05) is 24.3 Å². The summed E-state index contributed by atoms with van der Waals surface area (Å²) in [6.07, 6.45) is 3.21. The minimum absolute atomic E-state index is 0.0551. The van der Waals surface area contributed by atoms with E-state index < -0.39 is 0 Å². The smallest absolute Gasteiger partial charge is 0.338 e. The Balaban J connectivity index is 3.24. The van der Waals surface area contributed by atoms with E-state index in [9.17, 15) is 4.79 Å². The van der Waals surface area contributed by atoms with Gasteiger partial charge in [-0.3, -0.25) is 0 Å². The molecule has 0 heterocycles. The Kier molecular flexibility index (Phi) is 4.73. The van der Waals surface area contributed by atoms with Gasteiger partial charge < -0.3 is 4.74 Å². The second-order valence-electron chi connectivity index (χ2n) is 4.70. The van der Waals surface area contributed by atoms with Crippen molar-refractivity contribution in [3.8, 4) is 0 Å². The fourth-order valence-electron chi connectivity index (χ4n) is 2.35. The zero-order valence-electron chi connectivity index (χ0n) is 11.2. The van der Waals surface area contributed by atoms with E-state index in [2.05, 4.69) is 20.8 Å². The lowest BCUT2D eigenvalue weighted by Gasteiger charge is -2.30. The minimum atomic E-state index is -0.239. The van der Waals surface area contributed by atoms with Crippen molar-refractivity contribution >= 4 is 5.97 Å². The molecule has 1 atom stereocenters. The molecule has 17 heavy (non-hydrogen) atoms. The molecule has 2 heteroatoms. The molecule has 0 saturated carbocycles. The summed E-state index contributed by atoms with van der Waals surface area (Å²) in [6, 6.07) is 7.78. The predicted octanol–water partition coefficient (Wildman–Crippen LogP) is 3.94. The third-order valence-electron chi connectivity index (χ3n) is 3.56. The highest BCUT2D eigenvalue weighted by Gasteiger charge is 2.28. The van der Waals surface area contributed by atoms with E-state index in [1.165, 1.54) is 7.11 Å². The highest BCUT2D eigenvalue weighted by atomic mass is 16.5. The topological polar surface area (TPSA) is 26.3 Å². The number of carbonyl (C=O) groups is 1. The number of carbonyl (C=O) groups excluding carboxylic acids is 1. The molecule has 0 spiro atoms. The van der Waals surface area contributed by atoms with Crippen LogP contribution in [0.25, 0.3) is 0 Å². The third kappa shape index (κ3) is 2.87. The maximum Gasteiger partial charge on any atom is 0.338 e. The molecule has 1 rings (SSSR count). The molecule has 0 aliphatic rings. The Morgan fingerprint density at radius 2 is 1.94 bits per heavy atom. The van der Waals surface area contributed by atoms with Crippen LogP contribution in [0, 0.1) is 0 Å². The molecule has 0 aliphatic heterocycles. The largest absolute Gasteiger partial charge is 0.465 e. The van der Waals surface area contributed by atoms with Gasteiger partial charge in [0, 0.05) is 0 Å². The fourth-order valence-corrected chi connectivity index (χ4v) is 2.35. The van der Waals surface area contributed by atoms with Gasteiger partial charge in [0.1, 0.15) is 0 Å². The third-order valence-corrected chi connectivity index (χ3v) is 3.56. The second-order valence-corrected chi connectivity index (χ2v) is 4.70. The van der Waals surface area contributed by atoms with E-state index in [-0.39, 0.29) is 11.4 Å². The van der Waals surface area contributed by atoms with Crippen LogP contribution in [0.2, 0.25) is 0 Å². The molecule has 1 aromatic rings. The lowest BCUT2D eigenvalue weighted by molar-refractivity contribution is 0.0597. The van der Waals surface area contributed by atoms with Crippen LogP contribution in [0.1, 0.15) is 56.0 Å². The van der Waals surface area contributed by atoms with Gasteiger partial charge in [-0.1, -0.05) is 45.4 Å². The molecule has 0 N–H and O–H groups in total. The number of rotatable bonds is 5. The van der Waals surface area contributed by atoms with Crippen LogP contribution in [0.3, 0.4) is 0 Å². The number of benzene rings is 1. The molecule has 1 aromatic carbocycles. The van der Waals surface area contributed by atoms with E-state index in [0.29, 0.717) is 5.56 Å². The quantitative estimate of drug-likeness (QED) is 0.721. The van der Waals surface area contributed by atoms with Crippen molar-refractivity contribution in [3.05, 3.63) is 35.4 Å². The molecular weight excluding hydrogens is 212 g/mol. The van der Waals surface area contributed by atoms with Crippen molar-refractivity contribution in [1.29, 1.82) is 0 Å². The van der Waals surface area contributed by atoms with Crippen LogP contribution >= 0.6 is 0 Å². The van der Waals surface area contributed by atoms with Crippen LogP contribution in [-0.2, 0) is 10.2 Å². The number of ether oxygens (including phenoxy) is 1. The monoisotopic (exact) mass is 234 g/mol. The molecular formula is C15H22O2. The molecule has 0 fully saturated rings. The first-order chi connectivity index (χ1) is 8.09. The highest BCUT2D eigenvalue weighted by Crippen LogP contribution is 2.34. The van der Waals surface area contributed by atoms with Gasteiger partial charge in [0.05, 0.1) is 12.7 Å². The van der Waals surface area contributed by atoms with Crippen LogP contribution in [0.4, 0.5) is 0 Å². The predicted molar refractivity (Wildman–Crippen MR) is 70.3 cm³/mol. The van der Waals surface area contributed by atoms with Gasteiger partial charge >= 0.3 is 5.97 Å². The van der Waals surface area contributed by atoms with Crippen molar-refractivity contribution in [1.82, 2.24) is 0 Å². The zero-order chi connectivity index (χ0) is 12.9. The van der Waals surface area contributed by atoms with E-state index in [1.54, 1.807) is 0 Å². The zero-order valence-corrected chi connectivity index (χ0v) is 11.2. The van der Waals surface area contributed by atoms with Gasteiger partial charge in [-0.25, -0.2) is 4.79 Å². The van der Waals surface area contributed by atoms with E-state index in [4.69, 9.17) is 4.74 Å². The first kappa shape index (κ1) is 13.8. The van der Waals surface area contributed by atoms with Crippen LogP contribution in [-0.4, -0.2) is 13.1 Å². The summed E-state index contributed by atoms with van der Waals surface area (Å²) in [5.41, 5.74) is 1.86. The number of methoxy groups -OCH3 is 1. The lowest BCUT2D eigenvalue weighted by atomic mass is 9.74. The summed E-state index contributed by atoms with van der Waals surface area (Å²) in [7, 11) is 1.43. The number of hydrogen-bond acceptors (Lipinski definition) is 2. The number of hydrogen-bond donors (Lipinski definition) is 0. The maximum absolute atomic E-state index is 11.8. The molecule has 0 aromatic heterocycles.